The van der Waals surface area contributed by atoms with Crippen molar-refractivity contribution in [3.8, 4) is 0 Å². The monoisotopic (exact) mass is 224 g/mol. The zero-order valence-corrected chi connectivity index (χ0v) is 11.2. The fourth-order valence-corrected chi connectivity index (χ4v) is 2.77. The summed E-state index contributed by atoms with van der Waals surface area (Å²) in [6, 6.07) is 1.45. The third-order valence-corrected chi connectivity index (χ3v) is 4.13. The molecular formula is C14H28N2. The topological polar surface area (TPSA) is 15.3 Å². The molecule has 0 radical (unpaired) electrons. The normalized spacial score (nSPS) is 31.3. The molecule has 2 fully saturated rings. The standard InChI is InChI=1S/C14H28N2/c1-11(2)16(9-13-4-5-13)10-14-8-12(3)6-7-15-14/h11-15H,4-10H2,1-3H3. The van der Waals surface area contributed by atoms with Gasteiger partial charge in [-0.05, 0) is 57.9 Å². The van der Waals surface area contributed by atoms with Crippen LogP contribution in [0.25, 0.3) is 0 Å². The molecule has 1 aliphatic heterocycles. The van der Waals surface area contributed by atoms with Gasteiger partial charge in [0, 0.05) is 25.2 Å². The van der Waals surface area contributed by atoms with Crippen LogP contribution in [0.1, 0.15) is 46.5 Å². The largest absolute Gasteiger partial charge is 0.313 e. The summed E-state index contributed by atoms with van der Waals surface area (Å²) in [5, 5.41) is 3.69. The fourth-order valence-electron chi connectivity index (χ4n) is 2.77. The predicted octanol–water partition coefficient (Wildman–Crippen LogP) is 2.49. The molecule has 0 amide bonds. The second kappa shape index (κ2) is 5.50. The Morgan fingerprint density at radius 3 is 2.50 bits per heavy atom. The maximum Gasteiger partial charge on any atom is 0.0197 e. The van der Waals surface area contributed by atoms with E-state index in [0.29, 0.717) is 6.04 Å². The third kappa shape index (κ3) is 3.74. The molecule has 1 heterocycles. The van der Waals surface area contributed by atoms with Crippen LogP contribution in [0.15, 0.2) is 0 Å². The van der Waals surface area contributed by atoms with E-state index in [1.165, 1.54) is 45.3 Å². The van der Waals surface area contributed by atoms with Crippen molar-refractivity contribution in [1.29, 1.82) is 0 Å². The Bertz CT molecular complexity index is 211. The molecular weight excluding hydrogens is 196 g/mol. The zero-order valence-electron chi connectivity index (χ0n) is 11.2. The first-order valence-corrected chi connectivity index (χ1v) is 7.12. The van der Waals surface area contributed by atoms with E-state index in [9.17, 15) is 0 Å². The van der Waals surface area contributed by atoms with Crippen LogP contribution in [0.3, 0.4) is 0 Å². The molecule has 16 heavy (non-hydrogen) atoms. The molecule has 0 aromatic carbocycles. The van der Waals surface area contributed by atoms with Crippen molar-refractivity contribution in [2.24, 2.45) is 11.8 Å². The summed E-state index contributed by atoms with van der Waals surface area (Å²) in [5.74, 6) is 1.93. The molecule has 2 nitrogen and oxygen atoms in total. The number of nitrogens with zero attached hydrogens (tertiary/aromatic N) is 1. The van der Waals surface area contributed by atoms with Gasteiger partial charge in [-0.2, -0.15) is 0 Å². The highest BCUT2D eigenvalue weighted by molar-refractivity contribution is 4.84. The minimum atomic E-state index is 0.708. The maximum atomic E-state index is 3.69. The fraction of sp³-hybridized carbons (Fsp3) is 1.00. The summed E-state index contributed by atoms with van der Waals surface area (Å²) in [4.78, 5) is 2.69. The van der Waals surface area contributed by atoms with Crippen LogP contribution >= 0.6 is 0 Å². The van der Waals surface area contributed by atoms with Crippen molar-refractivity contribution >= 4 is 0 Å². The number of hydrogen-bond acceptors (Lipinski definition) is 2. The van der Waals surface area contributed by atoms with Crippen LogP contribution in [0, 0.1) is 11.8 Å². The van der Waals surface area contributed by atoms with E-state index in [4.69, 9.17) is 0 Å². The molecule has 0 bridgehead atoms. The Hall–Kier alpha value is -0.0800. The third-order valence-electron chi connectivity index (χ3n) is 4.13. The SMILES string of the molecule is CC1CCNC(CN(CC2CC2)C(C)C)C1. The van der Waals surface area contributed by atoms with E-state index in [1.54, 1.807) is 0 Å². The Labute approximate surface area is 101 Å². The summed E-state index contributed by atoms with van der Waals surface area (Å²) in [6.07, 6.45) is 5.67. The molecule has 1 aliphatic carbocycles. The van der Waals surface area contributed by atoms with Gasteiger partial charge in [-0.1, -0.05) is 6.92 Å². The summed E-state index contributed by atoms with van der Waals surface area (Å²) in [7, 11) is 0. The van der Waals surface area contributed by atoms with Crippen molar-refractivity contribution in [1.82, 2.24) is 10.2 Å². The minimum absolute atomic E-state index is 0.708. The molecule has 2 unspecified atom stereocenters. The van der Waals surface area contributed by atoms with Gasteiger partial charge in [-0.15, -0.1) is 0 Å². The molecule has 94 valence electrons. The zero-order chi connectivity index (χ0) is 11.5. The van der Waals surface area contributed by atoms with E-state index in [-0.39, 0.29) is 0 Å². The second-order valence-electron chi connectivity index (χ2n) is 6.27. The summed E-state index contributed by atoms with van der Waals surface area (Å²) >= 11 is 0. The Morgan fingerprint density at radius 1 is 1.19 bits per heavy atom. The first-order chi connectivity index (χ1) is 7.65. The maximum absolute atomic E-state index is 3.69. The number of nitrogens with one attached hydrogen (secondary N) is 1. The van der Waals surface area contributed by atoms with Gasteiger partial charge in [0.1, 0.15) is 0 Å². The summed E-state index contributed by atoms with van der Waals surface area (Å²) in [5.41, 5.74) is 0. The van der Waals surface area contributed by atoms with Crippen molar-refractivity contribution in [3.05, 3.63) is 0 Å². The van der Waals surface area contributed by atoms with E-state index in [0.717, 1.165) is 17.9 Å². The summed E-state index contributed by atoms with van der Waals surface area (Å²) < 4.78 is 0. The number of hydrogen-bond donors (Lipinski definition) is 1. The van der Waals surface area contributed by atoms with Gasteiger partial charge in [-0.3, -0.25) is 4.90 Å². The van der Waals surface area contributed by atoms with Crippen LogP contribution < -0.4 is 5.32 Å². The van der Waals surface area contributed by atoms with E-state index in [2.05, 4.69) is 31.0 Å². The molecule has 0 aromatic heterocycles. The molecule has 1 N–H and O–H groups in total. The lowest BCUT2D eigenvalue weighted by atomic mass is 9.94. The molecule has 1 saturated carbocycles. The molecule has 2 aliphatic rings. The van der Waals surface area contributed by atoms with Crippen molar-refractivity contribution in [2.45, 2.75) is 58.5 Å². The van der Waals surface area contributed by atoms with Gasteiger partial charge in [0.05, 0.1) is 0 Å². The lowest BCUT2D eigenvalue weighted by Gasteiger charge is -2.35. The average Bonchev–Trinajstić information content (AvgIpc) is 3.00. The lowest BCUT2D eigenvalue weighted by Crippen LogP contribution is -2.48. The highest BCUT2D eigenvalue weighted by atomic mass is 15.2. The Balaban J connectivity index is 1.78. The first kappa shape index (κ1) is 12.4. The van der Waals surface area contributed by atoms with Crippen LogP contribution in [0.5, 0.6) is 0 Å². The molecule has 2 heteroatoms. The molecule has 2 atom stereocenters. The molecule has 0 spiro atoms. The van der Waals surface area contributed by atoms with Crippen LogP contribution in [-0.4, -0.2) is 36.6 Å². The van der Waals surface area contributed by atoms with Gasteiger partial charge in [-0.25, -0.2) is 0 Å². The molecule has 0 aromatic rings. The Kier molecular flexibility index (Phi) is 4.26. The number of piperidine rings is 1. The molecule has 1 saturated heterocycles. The second-order valence-corrected chi connectivity index (χ2v) is 6.27. The van der Waals surface area contributed by atoms with Crippen molar-refractivity contribution < 1.29 is 0 Å². The van der Waals surface area contributed by atoms with E-state index in [1.807, 2.05) is 0 Å². The quantitative estimate of drug-likeness (QED) is 0.772. The first-order valence-electron chi connectivity index (χ1n) is 7.12. The van der Waals surface area contributed by atoms with E-state index < -0.39 is 0 Å². The van der Waals surface area contributed by atoms with Crippen LogP contribution in [0.4, 0.5) is 0 Å². The van der Waals surface area contributed by atoms with Gasteiger partial charge in [0.25, 0.3) is 0 Å². The molecule has 2 rings (SSSR count). The van der Waals surface area contributed by atoms with Crippen molar-refractivity contribution in [3.63, 3.8) is 0 Å². The number of rotatable bonds is 5. The van der Waals surface area contributed by atoms with Crippen LogP contribution in [-0.2, 0) is 0 Å². The lowest BCUT2D eigenvalue weighted by molar-refractivity contribution is 0.167. The predicted molar refractivity (Wildman–Crippen MR) is 69.6 cm³/mol. The highest BCUT2D eigenvalue weighted by Crippen LogP contribution is 2.30. The smallest absolute Gasteiger partial charge is 0.0197 e. The van der Waals surface area contributed by atoms with Crippen LogP contribution in [0.2, 0.25) is 0 Å². The van der Waals surface area contributed by atoms with Gasteiger partial charge >= 0.3 is 0 Å². The van der Waals surface area contributed by atoms with Crippen molar-refractivity contribution in [2.75, 3.05) is 19.6 Å². The van der Waals surface area contributed by atoms with Gasteiger partial charge in [0.2, 0.25) is 0 Å². The average molecular weight is 224 g/mol. The minimum Gasteiger partial charge on any atom is -0.313 e. The Morgan fingerprint density at radius 2 is 1.94 bits per heavy atom. The van der Waals surface area contributed by atoms with Gasteiger partial charge < -0.3 is 5.32 Å². The van der Waals surface area contributed by atoms with Gasteiger partial charge in [0.15, 0.2) is 0 Å². The summed E-state index contributed by atoms with van der Waals surface area (Å²) in [6.45, 7) is 10.9. The highest BCUT2D eigenvalue weighted by Gasteiger charge is 2.28. The van der Waals surface area contributed by atoms with E-state index >= 15 is 0 Å².